The van der Waals surface area contributed by atoms with Crippen LogP contribution in [-0.2, 0) is 15.8 Å². The normalized spacial score (nSPS) is 21.6. The van der Waals surface area contributed by atoms with Gasteiger partial charge >= 0.3 is 6.18 Å². The first-order chi connectivity index (χ1) is 16.2. The number of benzene rings is 1. The molecule has 1 saturated heterocycles. The summed E-state index contributed by atoms with van der Waals surface area (Å²) >= 11 is 0. The number of carbonyl (C=O) groups is 2. The van der Waals surface area contributed by atoms with Crippen LogP contribution in [0, 0.1) is 5.92 Å². The van der Waals surface area contributed by atoms with E-state index in [0.717, 1.165) is 57.5 Å². The van der Waals surface area contributed by atoms with Crippen molar-refractivity contribution in [2.45, 2.75) is 50.9 Å². The molecule has 8 nitrogen and oxygen atoms in total. The van der Waals surface area contributed by atoms with Gasteiger partial charge in [0.15, 0.2) is 0 Å². The number of rotatable bonds is 7. The van der Waals surface area contributed by atoms with Gasteiger partial charge < -0.3 is 16.0 Å². The molecule has 34 heavy (non-hydrogen) atoms. The molecule has 2 aromatic rings. The van der Waals surface area contributed by atoms with Gasteiger partial charge in [-0.1, -0.05) is 0 Å². The van der Waals surface area contributed by atoms with Crippen LogP contribution < -0.4 is 16.0 Å². The first-order valence-corrected chi connectivity index (χ1v) is 11.5. The standard InChI is InChI=1S/C23H29F3N6O2/c1-14(33)27-9-15-2-5-18(6-3-15)32-11-17(12-32)31-21(34)10-28-22-19-8-16(23(24,25)26)4-7-20(19)29-13-30-22/h4,7-8,13,15,17-18H,2-3,5-6,9-12H2,1H3,(H,27,33)(H,31,34)(H,28,29,30)/t15-,18+. The van der Waals surface area contributed by atoms with Crippen LogP contribution in [0.2, 0.25) is 0 Å². The van der Waals surface area contributed by atoms with Crippen LogP contribution in [0.1, 0.15) is 38.2 Å². The highest BCUT2D eigenvalue weighted by molar-refractivity contribution is 5.91. The number of carbonyl (C=O) groups excluding carboxylic acids is 2. The van der Waals surface area contributed by atoms with Gasteiger partial charge in [0.1, 0.15) is 12.1 Å². The maximum atomic E-state index is 13.1. The predicted molar refractivity (Wildman–Crippen MR) is 121 cm³/mol. The van der Waals surface area contributed by atoms with Crippen LogP contribution in [0.25, 0.3) is 10.9 Å². The first kappa shape index (κ1) is 24.2. The van der Waals surface area contributed by atoms with E-state index in [9.17, 15) is 22.8 Å². The largest absolute Gasteiger partial charge is 0.416 e. The summed E-state index contributed by atoms with van der Waals surface area (Å²) in [5.41, 5.74) is -0.423. The second kappa shape index (κ2) is 10.1. The van der Waals surface area contributed by atoms with E-state index in [1.807, 2.05) is 0 Å². The van der Waals surface area contributed by atoms with E-state index >= 15 is 0 Å². The van der Waals surface area contributed by atoms with Crippen LogP contribution in [0.5, 0.6) is 0 Å². The number of aromatic nitrogens is 2. The number of nitrogens with one attached hydrogen (secondary N) is 3. The Morgan fingerprint density at radius 3 is 2.53 bits per heavy atom. The minimum absolute atomic E-state index is 0.0110. The lowest BCUT2D eigenvalue weighted by Crippen LogP contribution is -2.63. The highest BCUT2D eigenvalue weighted by Gasteiger charge is 2.35. The molecule has 1 saturated carbocycles. The van der Waals surface area contributed by atoms with Gasteiger partial charge in [-0.15, -0.1) is 0 Å². The molecule has 11 heteroatoms. The lowest BCUT2D eigenvalue weighted by molar-refractivity contribution is -0.137. The Morgan fingerprint density at radius 1 is 1.12 bits per heavy atom. The number of nitrogens with zero attached hydrogens (tertiary/aromatic N) is 3. The third kappa shape index (κ3) is 5.94. The Balaban J connectivity index is 1.22. The Bertz CT molecular complexity index is 1030. The molecule has 2 heterocycles. The average molecular weight is 479 g/mol. The van der Waals surface area contributed by atoms with Crippen molar-refractivity contribution in [3.63, 3.8) is 0 Å². The Morgan fingerprint density at radius 2 is 1.85 bits per heavy atom. The zero-order chi connectivity index (χ0) is 24.3. The number of hydrogen-bond donors (Lipinski definition) is 3. The summed E-state index contributed by atoms with van der Waals surface area (Å²) in [6, 6.07) is 3.83. The highest BCUT2D eigenvalue weighted by Crippen LogP contribution is 2.32. The predicted octanol–water partition coefficient (Wildman–Crippen LogP) is 2.56. The molecule has 0 radical (unpaired) electrons. The zero-order valence-electron chi connectivity index (χ0n) is 19.0. The summed E-state index contributed by atoms with van der Waals surface area (Å²) in [5.74, 6) is 0.505. The number of amides is 2. The van der Waals surface area contributed by atoms with E-state index in [-0.39, 0.29) is 35.6 Å². The fourth-order valence-corrected chi connectivity index (χ4v) is 4.72. The number of likely N-dealkylation sites (tertiary alicyclic amines) is 1. The molecular weight excluding hydrogens is 449 g/mol. The average Bonchev–Trinajstić information content (AvgIpc) is 2.78. The Labute approximate surface area is 195 Å². The van der Waals surface area contributed by atoms with Gasteiger partial charge in [-0.3, -0.25) is 14.5 Å². The zero-order valence-corrected chi connectivity index (χ0v) is 19.0. The van der Waals surface area contributed by atoms with Gasteiger partial charge in [-0.2, -0.15) is 13.2 Å². The van der Waals surface area contributed by atoms with E-state index in [1.165, 1.54) is 19.3 Å². The third-order valence-electron chi connectivity index (χ3n) is 6.63. The maximum Gasteiger partial charge on any atom is 0.416 e. The number of halogens is 3. The highest BCUT2D eigenvalue weighted by atomic mass is 19.4. The molecule has 1 aliphatic carbocycles. The van der Waals surface area contributed by atoms with Gasteiger partial charge in [0.25, 0.3) is 0 Å². The fourth-order valence-electron chi connectivity index (χ4n) is 4.72. The van der Waals surface area contributed by atoms with Gasteiger partial charge in [-0.05, 0) is 49.8 Å². The van der Waals surface area contributed by atoms with Crippen molar-refractivity contribution in [3.05, 3.63) is 30.1 Å². The van der Waals surface area contributed by atoms with Crippen molar-refractivity contribution in [1.82, 2.24) is 25.5 Å². The van der Waals surface area contributed by atoms with E-state index in [1.54, 1.807) is 0 Å². The number of alkyl halides is 3. The molecule has 0 bridgehead atoms. The van der Waals surface area contributed by atoms with Crippen LogP contribution in [-0.4, -0.2) is 64.9 Å². The van der Waals surface area contributed by atoms with Crippen molar-refractivity contribution >= 4 is 28.5 Å². The molecule has 3 N–H and O–H groups in total. The van der Waals surface area contributed by atoms with Crippen molar-refractivity contribution in [2.24, 2.45) is 5.92 Å². The summed E-state index contributed by atoms with van der Waals surface area (Å²) < 4.78 is 39.2. The fraction of sp³-hybridized carbons (Fsp3) is 0.565. The van der Waals surface area contributed by atoms with Gasteiger partial charge in [0, 0.05) is 38.0 Å². The molecule has 4 rings (SSSR count). The first-order valence-electron chi connectivity index (χ1n) is 11.5. The molecular formula is C23H29F3N6O2. The lowest BCUT2D eigenvalue weighted by atomic mass is 9.84. The van der Waals surface area contributed by atoms with Crippen LogP contribution in [0.15, 0.2) is 24.5 Å². The maximum absolute atomic E-state index is 13.1. The molecule has 2 amide bonds. The third-order valence-corrected chi connectivity index (χ3v) is 6.63. The van der Waals surface area contributed by atoms with Crippen LogP contribution in [0.4, 0.5) is 19.0 Å². The van der Waals surface area contributed by atoms with Gasteiger partial charge in [0.2, 0.25) is 11.8 Å². The van der Waals surface area contributed by atoms with Crippen LogP contribution in [0.3, 0.4) is 0 Å². The van der Waals surface area contributed by atoms with E-state index in [4.69, 9.17) is 0 Å². The molecule has 0 atom stereocenters. The molecule has 1 aromatic carbocycles. The minimum Gasteiger partial charge on any atom is -0.360 e. The summed E-state index contributed by atoms with van der Waals surface area (Å²) in [6.45, 7) is 3.77. The van der Waals surface area contributed by atoms with Crippen molar-refractivity contribution in [2.75, 3.05) is 31.5 Å². The summed E-state index contributed by atoms with van der Waals surface area (Å²) in [6.07, 6.45) is 1.14. The molecule has 2 fully saturated rings. The second-order valence-corrected chi connectivity index (χ2v) is 9.14. The van der Waals surface area contributed by atoms with Gasteiger partial charge in [-0.25, -0.2) is 9.97 Å². The quantitative estimate of drug-likeness (QED) is 0.566. The molecule has 0 spiro atoms. The van der Waals surface area contributed by atoms with Crippen molar-refractivity contribution in [1.29, 1.82) is 0 Å². The number of hydrogen-bond acceptors (Lipinski definition) is 6. The number of fused-ring (bicyclic) bond motifs is 1. The van der Waals surface area contributed by atoms with Gasteiger partial charge in [0.05, 0.1) is 23.7 Å². The van der Waals surface area contributed by atoms with Crippen molar-refractivity contribution in [3.8, 4) is 0 Å². The van der Waals surface area contributed by atoms with E-state index in [2.05, 4.69) is 30.8 Å². The molecule has 1 aliphatic heterocycles. The van der Waals surface area contributed by atoms with Crippen LogP contribution >= 0.6 is 0 Å². The molecule has 0 unspecified atom stereocenters. The molecule has 1 aromatic heterocycles. The lowest BCUT2D eigenvalue weighted by Gasteiger charge is -2.46. The topological polar surface area (TPSA) is 99.2 Å². The number of anilines is 1. The monoisotopic (exact) mass is 478 g/mol. The molecule has 2 aliphatic rings. The summed E-state index contributed by atoms with van der Waals surface area (Å²) in [5, 5.41) is 8.92. The Kier molecular flexibility index (Phi) is 7.20. The summed E-state index contributed by atoms with van der Waals surface area (Å²) in [7, 11) is 0. The SMILES string of the molecule is CC(=O)NC[C@H]1CC[C@@H](N2CC(NC(=O)CNc3ncnc4ccc(C(F)(F)F)cc34)C2)CC1. The van der Waals surface area contributed by atoms with E-state index < -0.39 is 11.7 Å². The molecule has 184 valence electrons. The van der Waals surface area contributed by atoms with E-state index in [0.29, 0.717) is 17.5 Å². The summed E-state index contributed by atoms with van der Waals surface area (Å²) in [4.78, 5) is 33.8. The Hall–Kier alpha value is -2.95. The smallest absolute Gasteiger partial charge is 0.360 e. The minimum atomic E-state index is -4.47. The second-order valence-electron chi connectivity index (χ2n) is 9.14. The van der Waals surface area contributed by atoms with Crippen molar-refractivity contribution < 1.29 is 22.8 Å².